The normalized spacial score (nSPS) is 15.5. The Morgan fingerprint density at radius 1 is 0.675 bits per heavy atom. The molecule has 0 bridgehead atoms. The molecule has 4 aromatic rings. The Balaban J connectivity index is 1.79. The molecule has 5 rings (SSSR count). The summed E-state index contributed by atoms with van der Waals surface area (Å²) in [7, 11) is -13.1. The summed E-state index contributed by atoms with van der Waals surface area (Å²) in [5, 5.41) is 3.89. The molecule has 1 aromatic carbocycles. The van der Waals surface area contributed by atoms with Crippen LogP contribution in [-0.2, 0) is 22.1 Å². The van der Waals surface area contributed by atoms with E-state index < -0.39 is 65.2 Å². The molecule has 13 nitrogen and oxygen atoms in total. The van der Waals surface area contributed by atoms with E-state index in [0.717, 1.165) is 24.1 Å². The fourth-order valence-electron chi connectivity index (χ4n) is 7.68. The number of hydrogen-bond donors (Lipinski definition) is 2. The molecule has 20 heteroatoms. The van der Waals surface area contributed by atoms with Gasteiger partial charge in [0, 0.05) is 43.3 Å². The smallest absolute Gasteiger partial charge is 0.319 e. The van der Waals surface area contributed by atoms with Gasteiger partial charge in [-0.25, -0.2) is 9.18 Å². The van der Waals surface area contributed by atoms with E-state index in [0.29, 0.717) is 39.3 Å². The number of carbonyl (C=O) groups is 2. The highest BCUT2D eigenvalue weighted by atomic mass is 32.1. The van der Waals surface area contributed by atoms with Gasteiger partial charge in [-0.1, -0.05) is 117 Å². The first-order chi connectivity index (χ1) is 36.1. The van der Waals surface area contributed by atoms with E-state index >= 15 is 9.18 Å². The molecule has 448 valence electrons. The van der Waals surface area contributed by atoms with Crippen LogP contribution in [-0.4, -0.2) is 99.3 Å². The fourth-order valence-corrected chi connectivity index (χ4v) is 15.6. The second-order valence-corrected chi connectivity index (χ2v) is 54.6. The van der Waals surface area contributed by atoms with Gasteiger partial charge in [-0.2, -0.15) is 0 Å². The zero-order chi connectivity index (χ0) is 61.1. The number of nitrogens with one attached hydrogen (secondary N) is 2. The van der Waals surface area contributed by atoms with Gasteiger partial charge in [0.25, 0.3) is 17.6 Å². The summed E-state index contributed by atoms with van der Waals surface area (Å²) in [4.78, 5) is 40.8. The number of benzene rings is 1. The summed E-state index contributed by atoms with van der Waals surface area (Å²) in [5.41, 5.74) is 1.87. The molecule has 0 saturated heterocycles. The largest absolute Gasteiger partial charge is 0.453 e. The van der Waals surface area contributed by atoms with Crippen LogP contribution in [0.25, 0.3) is 20.8 Å². The lowest BCUT2D eigenvalue weighted by Crippen LogP contribution is -2.82. The third kappa shape index (κ3) is 14.7. The number of rotatable bonds is 21. The summed E-state index contributed by atoms with van der Waals surface area (Å²) in [6, 6.07) is 11.4. The summed E-state index contributed by atoms with van der Waals surface area (Å²) in [6.45, 7) is 58.1. The minimum Gasteiger partial charge on any atom is -0.453 e. The van der Waals surface area contributed by atoms with Crippen LogP contribution in [0.3, 0.4) is 0 Å². The minimum absolute atomic E-state index is 0.00197. The average molecular weight is 1210 g/mol. The number of nitrogens with zero attached hydrogens (tertiary/aromatic N) is 3. The molecule has 0 spiro atoms. The first-order valence-electron chi connectivity index (χ1n) is 28.7. The second kappa shape index (κ2) is 23.4. The second-order valence-electron chi connectivity index (χ2n) is 29.9. The number of anilines is 1. The van der Waals surface area contributed by atoms with E-state index in [1.165, 1.54) is 23.5 Å². The maximum absolute atomic E-state index is 16.4. The molecular weight excluding hydrogens is 1110 g/mol. The topological polar surface area (TPSA) is 143 Å². The van der Waals surface area contributed by atoms with Crippen molar-refractivity contribution >= 4 is 80.8 Å². The standard InChI is InChI=1S/C60H102FN5O8SSi5/c1-28-29-50(70-76(18,19)54(2,3)4)59(71-77(20,21)55(5,6)7,72-78(22,23)56(8,9)10)60(73-79(24,25)57(11,12)13,74-80(26,27)58(14,15)16)66(17)52(67)41-30-34-45(63-40-41)49-39-46-51(75-49)48(36-37-62-46)69-47-35-33-43(38-44(47)61)65-53(68)64-42-31-32-42/h30,33-40,42,50H,28-29,31-32H2,1-27H3,(H2,64,65,68). The van der Waals surface area contributed by atoms with Gasteiger partial charge < -0.3 is 37.5 Å². The first-order valence-corrected chi connectivity index (χ1v) is 44.1. The number of aromatic nitrogens is 2. The Morgan fingerprint density at radius 3 is 1.61 bits per heavy atom. The lowest BCUT2D eigenvalue weighted by atomic mass is 10.00. The molecule has 3 heterocycles. The van der Waals surface area contributed by atoms with E-state index in [1.54, 1.807) is 35.5 Å². The van der Waals surface area contributed by atoms with Crippen molar-refractivity contribution < 1.29 is 40.8 Å². The van der Waals surface area contributed by atoms with Crippen LogP contribution < -0.4 is 15.4 Å². The number of amides is 3. The number of thiophene rings is 1. The van der Waals surface area contributed by atoms with Crippen LogP contribution >= 0.6 is 11.3 Å². The first kappa shape index (κ1) is 67.6. The van der Waals surface area contributed by atoms with E-state index in [1.807, 2.05) is 19.2 Å². The van der Waals surface area contributed by atoms with Crippen molar-refractivity contribution in [2.45, 2.75) is 251 Å². The predicted molar refractivity (Wildman–Crippen MR) is 342 cm³/mol. The molecule has 1 aliphatic rings. The highest BCUT2D eigenvalue weighted by Crippen LogP contribution is 2.57. The van der Waals surface area contributed by atoms with Gasteiger partial charge in [0.2, 0.25) is 0 Å². The predicted octanol–water partition coefficient (Wildman–Crippen LogP) is 18.3. The SMILES string of the molecule is CCCC(O[Si](C)(C)C(C)(C)C)C(O[Si](C)(C)C(C)(C)C)(O[Si](C)(C)C(C)(C)C)C(O[Si](C)(C)C(C)(C)C)(O[Si](C)(C)C(C)(C)C)N(C)C(=O)c1ccc(-c2cc3nccc(Oc4ccc(NC(=O)NC5CC5)cc4F)c3s2)nc1. The summed E-state index contributed by atoms with van der Waals surface area (Å²) < 4.78 is 63.6. The van der Waals surface area contributed by atoms with E-state index in [9.17, 15) is 4.79 Å². The molecular formula is C60H102FN5O8SSi5. The minimum atomic E-state index is -3.08. The molecule has 3 aromatic heterocycles. The molecule has 1 unspecified atom stereocenters. The third-order valence-corrected chi connectivity index (χ3v) is 41.5. The third-order valence-electron chi connectivity index (χ3n) is 18.2. The van der Waals surface area contributed by atoms with Crippen molar-refractivity contribution in [3.05, 3.63) is 66.2 Å². The van der Waals surface area contributed by atoms with Crippen LogP contribution in [0, 0.1) is 5.82 Å². The molecule has 3 amide bonds. The Hall–Kier alpha value is -3.17. The van der Waals surface area contributed by atoms with Crippen molar-refractivity contribution in [3.63, 3.8) is 0 Å². The van der Waals surface area contributed by atoms with E-state index in [2.05, 4.69) is 192 Å². The number of likely N-dealkylation sites (N-methyl/N-ethyl adjacent to an activating group) is 1. The molecule has 1 aliphatic carbocycles. The number of urea groups is 1. The van der Waals surface area contributed by atoms with Gasteiger partial charge in [0.05, 0.1) is 26.4 Å². The Labute approximate surface area is 490 Å². The van der Waals surface area contributed by atoms with E-state index in [4.69, 9.17) is 31.9 Å². The van der Waals surface area contributed by atoms with Crippen LogP contribution in [0.1, 0.15) is 147 Å². The van der Waals surface area contributed by atoms with E-state index in [-0.39, 0.29) is 48.9 Å². The number of hydrogen-bond acceptors (Lipinski definition) is 11. The van der Waals surface area contributed by atoms with Crippen molar-refractivity contribution in [1.82, 2.24) is 20.2 Å². The van der Waals surface area contributed by atoms with Gasteiger partial charge in [-0.15, -0.1) is 11.3 Å². The van der Waals surface area contributed by atoms with Crippen LogP contribution in [0.15, 0.2) is 54.9 Å². The molecule has 0 radical (unpaired) electrons. The monoisotopic (exact) mass is 1210 g/mol. The van der Waals surface area contributed by atoms with Crippen molar-refractivity contribution in [3.8, 4) is 22.1 Å². The van der Waals surface area contributed by atoms with Gasteiger partial charge in [-0.3, -0.25) is 19.7 Å². The number of pyridine rings is 2. The average Bonchev–Trinajstić information content (AvgIpc) is 3.99. The molecule has 0 aliphatic heterocycles. The molecule has 1 saturated carbocycles. The molecule has 2 N–H and O–H groups in total. The number of ether oxygens (including phenoxy) is 1. The summed E-state index contributed by atoms with van der Waals surface area (Å²) in [5.74, 6) is -4.50. The molecule has 1 atom stereocenters. The maximum Gasteiger partial charge on any atom is 0.319 e. The van der Waals surface area contributed by atoms with Crippen LogP contribution in [0.5, 0.6) is 11.5 Å². The number of fused-ring (bicyclic) bond motifs is 1. The number of halogens is 1. The van der Waals surface area contributed by atoms with Gasteiger partial charge in [-0.05, 0) is 140 Å². The van der Waals surface area contributed by atoms with Gasteiger partial charge >= 0.3 is 6.03 Å². The lowest BCUT2D eigenvalue weighted by Gasteiger charge is -2.65. The highest BCUT2D eigenvalue weighted by molar-refractivity contribution is 7.22. The Morgan fingerprint density at radius 2 is 1.18 bits per heavy atom. The Bertz CT molecular complexity index is 2770. The summed E-state index contributed by atoms with van der Waals surface area (Å²) in [6.07, 6.45) is 5.61. The zero-order valence-electron chi connectivity index (χ0n) is 54.1. The van der Waals surface area contributed by atoms with Gasteiger partial charge in [0.1, 0.15) is 11.9 Å². The quantitative estimate of drug-likeness (QED) is 0.0611. The fraction of sp³-hybridized carbons (Fsp3) is 0.667. The van der Waals surface area contributed by atoms with Crippen molar-refractivity contribution in [2.75, 3.05) is 12.4 Å². The van der Waals surface area contributed by atoms with Crippen molar-refractivity contribution in [1.29, 1.82) is 0 Å². The van der Waals surface area contributed by atoms with Gasteiger partial charge in [0.15, 0.2) is 53.2 Å². The zero-order valence-corrected chi connectivity index (χ0v) is 59.9. The van der Waals surface area contributed by atoms with Crippen molar-refractivity contribution in [2.24, 2.45) is 0 Å². The maximum atomic E-state index is 16.4. The summed E-state index contributed by atoms with van der Waals surface area (Å²) >= 11 is 1.40. The highest BCUT2D eigenvalue weighted by Gasteiger charge is 2.73. The molecule has 80 heavy (non-hydrogen) atoms. The van der Waals surface area contributed by atoms with Crippen LogP contribution in [0.2, 0.25) is 90.7 Å². The number of carbonyl (C=O) groups excluding carboxylic acids is 2. The lowest BCUT2D eigenvalue weighted by molar-refractivity contribution is -0.390. The Kier molecular flexibility index (Phi) is 19.7. The molecule has 1 fully saturated rings. The van der Waals surface area contributed by atoms with Crippen LogP contribution in [0.4, 0.5) is 14.9 Å².